The van der Waals surface area contributed by atoms with Gasteiger partial charge in [-0.05, 0) is 36.2 Å². The Bertz CT molecular complexity index is 742. The molecule has 2 aromatic rings. The Balaban J connectivity index is 2.27. The molecule has 0 spiro atoms. The van der Waals surface area contributed by atoms with Crippen LogP contribution in [0.4, 0.5) is 24.5 Å². The van der Waals surface area contributed by atoms with Crippen LogP contribution in [0.1, 0.15) is 24.5 Å². The standard InChI is InChI=1S/C19H21F3N2O/c1-4-10-23-18-9-8-14(11-17(18)19(20,21)22)13(2)24-15-6-5-7-16(12-15)25-3/h5-9,11-12,23-24H,2,4,10H2,1,3H3. The van der Waals surface area contributed by atoms with Crippen LogP contribution < -0.4 is 15.4 Å². The van der Waals surface area contributed by atoms with Gasteiger partial charge in [-0.25, -0.2) is 0 Å². The number of ether oxygens (including phenoxy) is 1. The largest absolute Gasteiger partial charge is 0.497 e. The fraction of sp³-hybridized carbons (Fsp3) is 0.263. The number of hydrogen-bond donors (Lipinski definition) is 2. The summed E-state index contributed by atoms with van der Waals surface area (Å²) in [6.07, 6.45) is -3.70. The number of rotatable bonds is 7. The molecule has 2 aromatic carbocycles. The molecule has 6 heteroatoms. The van der Waals surface area contributed by atoms with Crippen molar-refractivity contribution in [3.8, 4) is 5.75 Å². The van der Waals surface area contributed by atoms with Gasteiger partial charge in [-0.15, -0.1) is 0 Å². The van der Waals surface area contributed by atoms with Gasteiger partial charge in [0.15, 0.2) is 0 Å². The minimum atomic E-state index is -4.44. The minimum Gasteiger partial charge on any atom is -0.497 e. The number of methoxy groups -OCH3 is 1. The Morgan fingerprint density at radius 2 is 1.92 bits per heavy atom. The number of halogens is 3. The highest BCUT2D eigenvalue weighted by atomic mass is 19.4. The summed E-state index contributed by atoms with van der Waals surface area (Å²) in [5.41, 5.74) is 0.809. The molecule has 0 radical (unpaired) electrons. The second kappa shape index (κ2) is 7.96. The van der Waals surface area contributed by atoms with Gasteiger partial charge in [0.1, 0.15) is 5.75 Å². The maximum absolute atomic E-state index is 13.3. The van der Waals surface area contributed by atoms with Crippen LogP contribution in [-0.2, 0) is 6.18 Å². The first-order valence-corrected chi connectivity index (χ1v) is 7.90. The Hall–Kier alpha value is -2.63. The van der Waals surface area contributed by atoms with E-state index < -0.39 is 11.7 Å². The maximum atomic E-state index is 13.3. The molecule has 0 heterocycles. The van der Waals surface area contributed by atoms with Gasteiger partial charge in [0.05, 0.1) is 12.7 Å². The molecular formula is C19H21F3N2O. The van der Waals surface area contributed by atoms with Gasteiger partial charge in [-0.2, -0.15) is 13.2 Å². The number of benzene rings is 2. The van der Waals surface area contributed by atoms with Crippen LogP contribution in [0.2, 0.25) is 0 Å². The van der Waals surface area contributed by atoms with Gasteiger partial charge in [-0.3, -0.25) is 0 Å². The zero-order valence-electron chi connectivity index (χ0n) is 14.2. The van der Waals surface area contributed by atoms with Gasteiger partial charge >= 0.3 is 6.18 Å². The van der Waals surface area contributed by atoms with Crippen molar-refractivity contribution in [2.24, 2.45) is 0 Å². The third-order valence-electron chi connectivity index (χ3n) is 3.60. The summed E-state index contributed by atoms with van der Waals surface area (Å²) in [6, 6.07) is 11.3. The highest BCUT2D eigenvalue weighted by Crippen LogP contribution is 2.36. The van der Waals surface area contributed by atoms with E-state index in [1.807, 2.05) is 6.92 Å². The zero-order valence-corrected chi connectivity index (χ0v) is 14.2. The molecule has 0 aliphatic heterocycles. The van der Waals surface area contributed by atoms with Crippen molar-refractivity contribution in [3.05, 3.63) is 60.2 Å². The first-order valence-electron chi connectivity index (χ1n) is 7.90. The van der Waals surface area contributed by atoms with Crippen LogP contribution in [0.5, 0.6) is 5.75 Å². The molecule has 0 amide bonds. The van der Waals surface area contributed by atoms with Crippen molar-refractivity contribution in [3.63, 3.8) is 0 Å². The van der Waals surface area contributed by atoms with Crippen LogP contribution >= 0.6 is 0 Å². The van der Waals surface area contributed by atoms with Gasteiger partial charge in [0, 0.05) is 29.7 Å². The molecule has 0 fully saturated rings. The average molecular weight is 350 g/mol. The molecule has 2 N–H and O–H groups in total. The first-order chi connectivity index (χ1) is 11.8. The van der Waals surface area contributed by atoms with Gasteiger partial charge in [0.25, 0.3) is 0 Å². The molecule has 0 atom stereocenters. The third-order valence-corrected chi connectivity index (χ3v) is 3.60. The van der Waals surface area contributed by atoms with Crippen molar-refractivity contribution in [1.29, 1.82) is 0 Å². The van der Waals surface area contributed by atoms with Crippen LogP contribution in [0.25, 0.3) is 5.70 Å². The number of alkyl halides is 3. The summed E-state index contributed by atoms with van der Waals surface area (Å²) >= 11 is 0. The third kappa shape index (κ3) is 4.92. The van der Waals surface area contributed by atoms with E-state index in [1.165, 1.54) is 6.07 Å². The van der Waals surface area contributed by atoms with E-state index in [0.717, 1.165) is 12.5 Å². The molecule has 134 valence electrons. The van der Waals surface area contributed by atoms with Crippen LogP contribution in [0, 0.1) is 0 Å². The van der Waals surface area contributed by atoms with Crippen molar-refractivity contribution in [1.82, 2.24) is 0 Å². The van der Waals surface area contributed by atoms with Gasteiger partial charge < -0.3 is 15.4 Å². The van der Waals surface area contributed by atoms with E-state index >= 15 is 0 Å². The van der Waals surface area contributed by atoms with Crippen molar-refractivity contribution in [2.75, 3.05) is 24.3 Å². The van der Waals surface area contributed by atoms with Gasteiger partial charge in [-0.1, -0.05) is 25.6 Å². The molecule has 0 aliphatic rings. The SMILES string of the molecule is C=C(Nc1cccc(OC)c1)c1ccc(NCCC)c(C(F)(F)F)c1. The first kappa shape index (κ1) is 18.7. The van der Waals surface area contributed by atoms with E-state index in [2.05, 4.69) is 17.2 Å². The van der Waals surface area contributed by atoms with E-state index in [4.69, 9.17) is 4.74 Å². The normalized spacial score (nSPS) is 11.1. The highest BCUT2D eigenvalue weighted by molar-refractivity contribution is 5.77. The summed E-state index contributed by atoms with van der Waals surface area (Å²) in [4.78, 5) is 0. The van der Waals surface area contributed by atoms with Crippen molar-refractivity contribution >= 4 is 17.1 Å². The lowest BCUT2D eigenvalue weighted by atomic mass is 10.1. The van der Waals surface area contributed by atoms with Crippen LogP contribution in [-0.4, -0.2) is 13.7 Å². The molecule has 2 rings (SSSR count). The lowest BCUT2D eigenvalue weighted by Gasteiger charge is -2.17. The van der Waals surface area contributed by atoms with E-state index in [9.17, 15) is 13.2 Å². The second-order valence-corrected chi connectivity index (χ2v) is 5.52. The minimum absolute atomic E-state index is 0.0762. The molecule has 0 saturated carbocycles. The number of anilines is 2. The molecule has 0 aliphatic carbocycles. The fourth-order valence-corrected chi connectivity index (χ4v) is 2.33. The smallest absolute Gasteiger partial charge is 0.418 e. The number of nitrogens with one attached hydrogen (secondary N) is 2. The predicted molar refractivity (Wildman–Crippen MR) is 95.9 cm³/mol. The van der Waals surface area contributed by atoms with Crippen LogP contribution in [0.15, 0.2) is 49.0 Å². The summed E-state index contributed by atoms with van der Waals surface area (Å²) in [5.74, 6) is 0.646. The molecule has 0 aromatic heterocycles. The summed E-state index contributed by atoms with van der Waals surface area (Å²) in [6.45, 7) is 6.23. The molecule has 3 nitrogen and oxygen atoms in total. The predicted octanol–water partition coefficient (Wildman–Crippen LogP) is 5.62. The molecule has 0 saturated heterocycles. The summed E-state index contributed by atoms with van der Waals surface area (Å²) in [7, 11) is 1.55. The second-order valence-electron chi connectivity index (χ2n) is 5.52. The lowest BCUT2D eigenvalue weighted by molar-refractivity contribution is -0.137. The fourth-order valence-electron chi connectivity index (χ4n) is 2.33. The Kier molecular flexibility index (Phi) is 5.96. The van der Waals surface area contributed by atoms with E-state index in [0.29, 0.717) is 29.2 Å². The quantitative estimate of drug-likeness (QED) is 0.680. The van der Waals surface area contributed by atoms with Crippen molar-refractivity contribution in [2.45, 2.75) is 19.5 Å². The topological polar surface area (TPSA) is 33.3 Å². The Labute approximate surface area is 145 Å². The maximum Gasteiger partial charge on any atom is 0.418 e. The molecule has 0 unspecified atom stereocenters. The molecule has 25 heavy (non-hydrogen) atoms. The van der Waals surface area contributed by atoms with E-state index in [-0.39, 0.29) is 5.69 Å². The zero-order chi connectivity index (χ0) is 18.4. The lowest BCUT2D eigenvalue weighted by Crippen LogP contribution is -2.12. The van der Waals surface area contributed by atoms with Crippen LogP contribution in [0.3, 0.4) is 0 Å². The summed E-state index contributed by atoms with van der Waals surface area (Å²) < 4.78 is 45.1. The Morgan fingerprint density at radius 1 is 1.16 bits per heavy atom. The van der Waals surface area contributed by atoms with Crippen molar-refractivity contribution < 1.29 is 17.9 Å². The average Bonchev–Trinajstić information content (AvgIpc) is 2.59. The molecular weight excluding hydrogens is 329 g/mol. The Morgan fingerprint density at radius 3 is 2.56 bits per heavy atom. The summed E-state index contributed by atoms with van der Waals surface area (Å²) in [5, 5.41) is 5.83. The number of hydrogen-bond acceptors (Lipinski definition) is 3. The van der Waals surface area contributed by atoms with Gasteiger partial charge in [0.2, 0.25) is 0 Å². The molecule has 0 bridgehead atoms. The highest BCUT2D eigenvalue weighted by Gasteiger charge is 2.33. The van der Waals surface area contributed by atoms with E-state index in [1.54, 1.807) is 37.4 Å². The monoisotopic (exact) mass is 350 g/mol.